The number of carbonyl (C=O) groups excluding carboxylic acids is 1. The number of likely N-dealkylation sites (tertiary alicyclic amines) is 1. The Hall–Kier alpha value is -1.31. The molecule has 0 unspecified atom stereocenters. The molecule has 1 aliphatic rings. The van der Waals surface area contributed by atoms with Crippen LogP contribution >= 0.6 is 0 Å². The lowest BCUT2D eigenvalue weighted by Crippen LogP contribution is -2.34. The van der Waals surface area contributed by atoms with Crippen molar-refractivity contribution in [3.8, 4) is 0 Å². The van der Waals surface area contributed by atoms with Crippen molar-refractivity contribution in [2.45, 2.75) is 90.4 Å². The van der Waals surface area contributed by atoms with E-state index in [0.717, 1.165) is 32.4 Å². The monoisotopic (exact) mass is 345 g/mol. The van der Waals surface area contributed by atoms with Crippen molar-refractivity contribution in [2.75, 3.05) is 13.1 Å². The molecule has 0 radical (unpaired) electrons. The standard InChI is InChI=1S/C23H39NO/c1-2-3-4-5-6-7-8-9-10-11-12-13-14-15-17-20-23(25)24-21-18-16-19-22-24/h4-5,14-15,17,20H,2-3,6-13,16,18-19,21-22H2,1H3/b5-4?,15-14+,20-17+. The summed E-state index contributed by atoms with van der Waals surface area (Å²) < 4.78 is 0. The highest BCUT2D eigenvalue weighted by atomic mass is 16.2. The molecule has 0 aromatic carbocycles. The number of carbonyl (C=O) groups is 1. The van der Waals surface area contributed by atoms with Crippen molar-refractivity contribution in [3.63, 3.8) is 0 Å². The molecule has 2 heteroatoms. The Bertz CT molecular complexity index is 402. The molecule has 1 heterocycles. The summed E-state index contributed by atoms with van der Waals surface area (Å²) in [5, 5.41) is 0. The second kappa shape index (κ2) is 16.2. The first kappa shape index (κ1) is 21.7. The summed E-state index contributed by atoms with van der Waals surface area (Å²) >= 11 is 0. The SMILES string of the molecule is CCCC=CCCCCCCCC/C=C/C=C/C(=O)N1CCCCC1. The van der Waals surface area contributed by atoms with Gasteiger partial charge in [-0.2, -0.15) is 0 Å². The molecule has 2 nitrogen and oxygen atoms in total. The van der Waals surface area contributed by atoms with Crippen LogP contribution in [0.15, 0.2) is 36.5 Å². The molecule has 1 amide bonds. The van der Waals surface area contributed by atoms with E-state index in [1.807, 2.05) is 17.1 Å². The average molecular weight is 346 g/mol. The van der Waals surface area contributed by atoms with Crippen molar-refractivity contribution < 1.29 is 4.79 Å². The average Bonchev–Trinajstić information content (AvgIpc) is 2.65. The third kappa shape index (κ3) is 12.7. The molecule has 1 rings (SSSR count). The van der Waals surface area contributed by atoms with Gasteiger partial charge in [0.1, 0.15) is 0 Å². The van der Waals surface area contributed by atoms with E-state index in [-0.39, 0.29) is 5.91 Å². The Kier molecular flexibility index (Phi) is 14.1. The van der Waals surface area contributed by atoms with E-state index in [9.17, 15) is 4.79 Å². The van der Waals surface area contributed by atoms with E-state index in [4.69, 9.17) is 0 Å². The first-order valence-corrected chi connectivity index (χ1v) is 10.6. The highest BCUT2D eigenvalue weighted by Crippen LogP contribution is 2.10. The maximum Gasteiger partial charge on any atom is 0.246 e. The summed E-state index contributed by atoms with van der Waals surface area (Å²) in [5.74, 6) is 0.175. The summed E-state index contributed by atoms with van der Waals surface area (Å²) in [7, 11) is 0. The number of hydrogen-bond acceptors (Lipinski definition) is 1. The highest BCUT2D eigenvalue weighted by molar-refractivity contribution is 5.87. The van der Waals surface area contributed by atoms with E-state index in [0.29, 0.717) is 0 Å². The fraction of sp³-hybridized carbons (Fsp3) is 0.696. The Balaban J connectivity index is 1.89. The quantitative estimate of drug-likeness (QED) is 0.160. The molecule has 142 valence electrons. The summed E-state index contributed by atoms with van der Waals surface area (Å²) in [5.41, 5.74) is 0. The van der Waals surface area contributed by atoms with Crippen LogP contribution in [-0.4, -0.2) is 23.9 Å². The topological polar surface area (TPSA) is 20.3 Å². The van der Waals surface area contributed by atoms with Gasteiger partial charge in [-0.1, -0.05) is 69.4 Å². The first-order valence-electron chi connectivity index (χ1n) is 10.6. The number of piperidine rings is 1. The number of rotatable bonds is 13. The molecular formula is C23H39NO. The Morgan fingerprint density at radius 2 is 1.36 bits per heavy atom. The largest absolute Gasteiger partial charge is 0.339 e. The number of nitrogens with zero attached hydrogens (tertiary/aromatic N) is 1. The van der Waals surface area contributed by atoms with Gasteiger partial charge in [-0.3, -0.25) is 4.79 Å². The smallest absolute Gasteiger partial charge is 0.246 e. The molecule has 0 atom stereocenters. The third-order valence-electron chi connectivity index (χ3n) is 4.77. The van der Waals surface area contributed by atoms with Gasteiger partial charge in [0.25, 0.3) is 0 Å². The van der Waals surface area contributed by atoms with Gasteiger partial charge in [-0.25, -0.2) is 0 Å². The highest BCUT2D eigenvalue weighted by Gasteiger charge is 2.12. The number of allylic oxidation sites excluding steroid dienone is 5. The lowest BCUT2D eigenvalue weighted by Gasteiger charge is -2.25. The zero-order valence-electron chi connectivity index (χ0n) is 16.4. The molecule has 25 heavy (non-hydrogen) atoms. The lowest BCUT2D eigenvalue weighted by atomic mass is 10.1. The van der Waals surface area contributed by atoms with Crippen molar-refractivity contribution in [1.29, 1.82) is 0 Å². The second-order valence-electron chi connectivity index (χ2n) is 7.13. The summed E-state index contributed by atoms with van der Waals surface area (Å²) in [6.07, 6.45) is 29.0. The molecule has 0 aromatic heterocycles. The number of unbranched alkanes of at least 4 members (excludes halogenated alkanes) is 8. The lowest BCUT2D eigenvalue weighted by molar-refractivity contribution is -0.126. The van der Waals surface area contributed by atoms with Crippen molar-refractivity contribution in [2.24, 2.45) is 0 Å². The number of hydrogen-bond donors (Lipinski definition) is 0. The molecule has 1 fully saturated rings. The van der Waals surface area contributed by atoms with Crippen molar-refractivity contribution in [3.05, 3.63) is 36.5 Å². The normalized spacial score (nSPS) is 15.8. The molecule has 1 aliphatic heterocycles. The van der Waals surface area contributed by atoms with Crippen molar-refractivity contribution in [1.82, 2.24) is 4.90 Å². The molecule has 0 N–H and O–H groups in total. The van der Waals surface area contributed by atoms with Crippen LogP contribution < -0.4 is 0 Å². The van der Waals surface area contributed by atoms with E-state index in [2.05, 4.69) is 25.2 Å². The molecular weight excluding hydrogens is 306 g/mol. The predicted molar refractivity (Wildman–Crippen MR) is 110 cm³/mol. The molecule has 1 saturated heterocycles. The van der Waals surface area contributed by atoms with Crippen LogP contribution in [0.5, 0.6) is 0 Å². The summed E-state index contributed by atoms with van der Waals surface area (Å²) in [6, 6.07) is 0. The van der Waals surface area contributed by atoms with Crippen LogP contribution in [0.2, 0.25) is 0 Å². The third-order valence-corrected chi connectivity index (χ3v) is 4.77. The fourth-order valence-corrected chi connectivity index (χ4v) is 3.17. The number of amides is 1. The van der Waals surface area contributed by atoms with Gasteiger partial charge in [-0.15, -0.1) is 0 Å². The minimum atomic E-state index is 0.175. The van der Waals surface area contributed by atoms with Gasteiger partial charge >= 0.3 is 0 Å². The van der Waals surface area contributed by atoms with Crippen LogP contribution in [0.4, 0.5) is 0 Å². The second-order valence-corrected chi connectivity index (χ2v) is 7.13. The Morgan fingerprint density at radius 3 is 2.04 bits per heavy atom. The van der Waals surface area contributed by atoms with Crippen molar-refractivity contribution >= 4 is 5.91 Å². The molecule has 0 aliphatic carbocycles. The van der Waals surface area contributed by atoms with Gasteiger partial charge in [0, 0.05) is 19.2 Å². The molecule has 0 bridgehead atoms. The molecule has 0 saturated carbocycles. The van der Waals surface area contributed by atoms with E-state index in [1.165, 1.54) is 64.2 Å². The Morgan fingerprint density at radius 1 is 0.760 bits per heavy atom. The first-order chi connectivity index (χ1) is 12.3. The summed E-state index contributed by atoms with van der Waals surface area (Å²) in [4.78, 5) is 13.9. The van der Waals surface area contributed by atoms with Crippen LogP contribution in [0.1, 0.15) is 90.4 Å². The summed E-state index contributed by atoms with van der Waals surface area (Å²) in [6.45, 7) is 4.09. The van der Waals surface area contributed by atoms with E-state index in [1.54, 1.807) is 6.08 Å². The fourth-order valence-electron chi connectivity index (χ4n) is 3.17. The van der Waals surface area contributed by atoms with Crippen LogP contribution in [-0.2, 0) is 4.79 Å². The van der Waals surface area contributed by atoms with E-state index >= 15 is 0 Å². The maximum absolute atomic E-state index is 11.9. The molecule has 0 spiro atoms. The predicted octanol–water partition coefficient (Wildman–Crippen LogP) is 6.59. The van der Waals surface area contributed by atoms with Gasteiger partial charge in [0.2, 0.25) is 5.91 Å². The molecule has 0 aromatic rings. The minimum absolute atomic E-state index is 0.175. The zero-order valence-corrected chi connectivity index (χ0v) is 16.4. The Labute approximate surface area is 156 Å². The van der Waals surface area contributed by atoms with Crippen LogP contribution in [0, 0.1) is 0 Å². The van der Waals surface area contributed by atoms with E-state index < -0.39 is 0 Å². The van der Waals surface area contributed by atoms with Crippen LogP contribution in [0.25, 0.3) is 0 Å². The van der Waals surface area contributed by atoms with Gasteiger partial charge in [-0.05, 0) is 51.4 Å². The minimum Gasteiger partial charge on any atom is -0.339 e. The van der Waals surface area contributed by atoms with Gasteiger partial charge in [0.15, 0.2) is 0 Å². The van der Waals surface area contributed by atoms with Gasteiger partial charge in [0.05, 0.1) is 0 Å². The van der Waals surface area contributed by atoms with Gasteiger partial charge < -0.3 is 4.90 Å². The van der Waals surface area contributed by atoms with Crippen LogP contribution in [0.3, 0.4) is 0 Å². The zero-order chi connectivity index (χ0) is 18.0. The maximum atomic E-state index is 11.9.